The minimum absolute atomic E-state index is 0.237. The highest BCUT2D eigenvalue weighted by atomic mass is 28.4. The maximum absolute atomic E-state index is 6.09. The van der Waals surface area contributed by atoms with Crippen molar-refractivity contribution in [2.45, 2.75) is 66.0 Å². The molecule has 3 nitrogen and oxygen atoms in total. The summed E-state index contributed by atoms with van der Waals surface area (Å²) in [7, 11) is -2.40. The topological polar surface area (TPSA) is 27.7 Å². The predicted molar refractivity (Wildman–Crippen MR) is 69.6 cm³/mol. The largest absolute Gasteiger partial charge is 0.501 e. The van der Waals surface area contributed by atoms with Gasteiger partial charge in [0.15, 0.2) is 0 Å². The fourth-order valence-electron chi connectivity index (χ4n) is 1.83. The highest BCUT2D eigenvalue weighted by Crippen LogP contribution is 2.21. The van der Waals surface area contributed by atoms with E-state index in [1.807, 2.05) is 13.8 Å². The van der Waals surface area contributed by atoms with Crippen molar-refractivity contribution in [1.82, 2.24) is 0 Å². The average Bonchev–Trinajstić information content (AvgIpc) is 2.18. The summed E-state index contributed by atoms with van der Waals surface area (Å²) in [6.45, 7) is 11.8. The van der Waals surface area contributed by atoms with Crippen LogP contribution in [0.15, 0.2) is 0 Å². The van der Waals surface area contributed by atoms with Gasteiger partial charge in [0.25, 0.3) is 0 Å². The Morgan fingerprint density at radius 2 is 1.50 bits per heavy atom. The molecule has 0 heterocycles. The minimum Gasteiger partial charge on any atom is -0.374 e. The molecular weight excluding hydrogens is 220 g/mol. The third-order valence-corrected chi connectivity index (χ3v) is 5.69. The summed E-state index contributed by atoms with van der Waals surface area (Å²) in [4.78, 5) is 0. The van der Waals surface area contributed by atoms with Crippen molar-refractivity contribution in [2.75, 3.05) is 13.2 Å². The second-order valence-corrected chi connectivity index (χ2v) is 6.70. The van der Waals surface area contributed by atoms with Crippen LogP contribution >= 0.6 is 0 Å². The van der Waals surface area contributed by atoms with E-state index in [-0.39, 0.29) is 6.10 Å². The van der Waals surface area contributed by atoms with E-state index in [0.29, 0.717) is 13.2 Å². The van der Waals surface area contributed by atoms with Gasteiger partial charge in [-0.25, -0.2) is 0 Å². The van der Waals surface area contributed by atoms with Gasteiger partial charge in [0.1, 0.15) is 0 Å². The first-order chi connectivity index (χ1) is 7.64. The lowest BCUT2D eigenvalue weighted by Gasteiger charge is -2.31. The lowest BCUT2D eigenvalue weighted by atomic mass is 10.2. The molecule has 0 saturated carbocycles. The van der Waals surface area contributed by atoms with Gasteiger partial charge in [-0.3, -0.25) is 0 Å². The van der Waals surface area contributed by atoms with Crippen molar-refractivity contribution < 1.29 is 13.3 Å². The fourth-order valence-corrected chi connectivity index (χ4v) is 4.68. The minimum atomic E-state index is -2.40. The van der Waals surface area contributed by atoms with E-state index in [2.05, 4.69) is 20.8 Å². The van der Waals surface area contributed by atoms with Crippen molar-refractivity contribution in [2.24, 2.45) is 0 Å². The van der Waals surface area contributed by atoms with E-state index in [9.17, 15) is 0 Å². The molecule has 4 heteroatoms. The van der Waals surface area contributed by atoms with Crippen LogP contribution in [0.5, 0.6) is 0 Å². The molecule has 1 unspecified atom stereocenters. The maximum Gasteiger partial charge on any atom is 0.501 e. The summed E-state index contributed by atoms with van der Waals surface area (Å²) in [5.74, 6) is 0. The molecular formula is C12H28O3Si. The van der Waals surface area contributed by atoms with Crippen LogP contribution in [0, 0.1) is 0 Å². The smallest absolute Gasteiger partial charge is 0.374 e. The third-order valence-electron chi connectivity index (χ3n) is 2.36. The Balaban J connectivity index is 4.44. The Hall–Kier alpha value is 0.0969. The lowest BCUT2D eigenvalue weighted by Crippen LogP contribution is -2.47. The summed E-state index contributed by atoms with van der Waals surface area (Å²) in [5.41, 5.74) is 0. The van der Waals surface area contributed by atoms with Crippen LogP contribution in [0.2, 0.25) is 6.04 Å². The lowest BCUT2D eigenvalue weighted by molar-refractivity contribution is 0.0353. The zero-order chi connectivity index (χ0) is 12.4. The third kappa shape index (κ3) is 5.99. The van der Waals surface area contributed by atoms with Gasteiger partial charge in [-0.1, -0.05) is 26.7 Å². The molecule has 0 aromatic carbocycles. The first-order valence-corrected chi connectivity index (χ1v) is 8.52. The molecule has 0 aliphatic rings. The van der Waals surface area contributed by atoms with Crippen molar-refractivity contribution in [3.63, 3.8) is 0 Å². The Morgan fingerprint density at radius 3 is 1.88 bits per heavy atom. The highest BCUT2D eigenvalue weighted by Gasteiger charge is 2.40. The maximum atomic E-state index is 6.09. The second kappa shape index (κ2) is 9.16. The van der Waals surface area contributed by atoms with E-state index < -0.39 is 8.80 Å². The monoisotopic (exact) mass is 248 g/mol. The molecule has 1 atom stereocenters. The summed E-state index contributed by atoms with van der Waals surface area (Å²) < 4.78 is 17.7. The first-order valence-electron chi connectivity index (χ1n) is 6.59. The zero-order valence-electron chi connectivity index (χ0n) is 11.5. The van der Waals surface area contributed by atoms with E-state index in [1.54, 1.807) is 0 Å². The molecule has 0 N–H and O–H groups in total. The molecule has 0 amide bonds. The van der Waals surface area contributed by atoms with Crippen LogP contribution < -0.4 is 0 Å². The fraction of sp³-hybridized carbons (Fsp3) is 1.00. The quantitative estimate of drug-likeness (QED) is 0.553. The van der Waals surface area contributed by atoms with Crippen LogP contribution in [-0.2, 0) is 13.3 Å². The molecule has 0 bridgehead atoms. The molecule has 0 aliphatic carbocycles. The van der Waals surface area contributed by atoms with Crippen LogP contribution in [0.4, 0.5) is 0 Å². The van der Waals surface area contributed by atoms with E-state index in [0.717, 1.165) is 25.3 Å². The van der Waals surface area contributed by atoms with Gasteiger partial charge in [-0.05, 0) is 27.2 Å². The summed E-state index contributed by atoms with van der Waals surface area (Å²) >= 11 is 0. The van der Waals surface area contributed by atoms with Gasteiger partial charge in [0, 0.05) is 25.4 Å². The molecule has 0 fully saturated rings. The van der Waals surface area contributed by atoms with Gasteiger partial charge >= 0.3 is 8.80 Å². The molecule has 98 valence electrons. The normalized spacial score (nSPS) is 14.1. The summed E-state index contributed by atoms with van der Waals surface area (Å²) in [6.07, 6.45) is 3.49. The van der Waals surface area contributed by atoms with Crippen LogP contribution in [0.3, 0.4) is 0 Å². The van der Waals surface area contributed by atoms with E-state index in [4.69, 9.17) is 13.3 Å². The molecule has 16 heavy (non-hydrogen) atoms. The van der Waals surface area contributed by atoms with Gasteiger partial charge in [0.2, 0.25) is 0 Å². The molecule has 0 saturated heterocycles. The molecule has 0 aliphatic heterocycles. The predicted octanol–water partition coefficient (Wildman–Crippen LogP) is 3.61. The van der Waals surface area contributed by atoms with Gasteiger partial charge in [0.05, 0.1) is 0 Å². The van der Waals surface area contributed by atoms with Crippen LogP contribution in [-0.4, -0.2) is 28.1 Å². The molecule has 0 radical (unpaired) electrons. The van der Waals surface area contributed by atoms with Gasteiger partial charge in [-0.2, -0.15) is 0 Å². The number of hydrogen-bond acceptors (Lipinski definition) is 3. The van der Waals surface area contributed by atoms with E-state index in [1.165, 1.54) is 0 Å². The van der Waals surface area contributed by atoms with Crippen molar-refractivity contribution in [3.8, 4) is 0 Å². The average molecular weight is 248 g/mol. The molecule has 0 aromatic rings. The Morgan fingerprint density at radius 1 is 0.938 bits per heavy atom. The Labute approximate surface area is 102 Å². The van der Waals surface area contributed by atoms with E-state index >= 15 is 0 Å². The van der Waals surface area contributed by atoms with Gasteiger partial charge in [-0.15, -0.1) is 0 Å². The summed E-state index contributed by atoms with van der Waals surface area (Å²) in [6, 6.07) is 0.919. The SMILES string of the molecule is CCCC(C)O[Si](CCC)(OCC)OCC. The van der Waals surface area contributed by atoms with Crippen molar-refractivity contribution in [1.29, 1.82) is 0 Å². The van der Waals surface area contributed by atoms with Crippen molar-refractivity contribution in [3.05, 3.63) is 0 Å². The van der Waals surface area contributed by atoms with Crippen LogP contribution in [0.25, 0.3) is 0 Å². The highest BCUT2D eigenvalue weighted by molar-refractivity contribution is 6.60. The second-order valence-electron chi connectivity index (χ2n) is 4.02. The van der Waals surface area contributed by atoms with Crippen molar-refractivity contribution >= 4 is 8.80 Å². The molecule has 0 rings (SSSR count). The Kier molecular flexibility index (Phi) is 9.22. The number of hydrogen-bond donors (Lipinski definition) is 0. The molecule has 0 aromatic heterocycles. The Bertz CT molecular complexity index is 147. The van der Waals surface area contributed by atoms with Gasteiger partial charge < -0.3 is 13.3 Å². The summed E-state index contributed by atoms with van der Waals surface area (Å²) in [5, 5.41) is 0. The molecule has 0 spiro atoms. The zero-order valence-corrected chi connectivity index (χ0v) is 12.5. The van der Waals surface area contributed by atoms with Crippen LogP contribution in [0.1, 0.15) is 53.9 Å². The number of rotatable bonds is 10. The first kappa shape index (κ1) is 16.1. The standard InChI is InChI=1S/C12H28O3Si/c1-6-10-12(5)15-16(11-7-2,13-8-3)14-9-4/h12H,6-11H2,1-5H3.